The van der Waals surface area contributed by atoms with Gasteiger partial charge in [0.05, 0.1) is 12.2 Å². The minimum atomic E-state index is 0.496. The fourth-order valence-electron chi connectivity index (χ4n) is 1.75. The van der Waals surface area contributed by atoms with Crippen molar-refractivity contribution in [2.75, 3.05) is 0 Å². The molecule has 0 saturated heterocycles. The van der Waals surface area contributed by atoms with Gasteiger partial charge in [-0.25, -0.2) is 0 Å². The highest BCUT2D eigenvalue weighted by atomic mass is 16.4. The van der Waals surface area contributed by atoms with Gasteiger partial charge in [-0.1, -0.05) is 18.2 Å². The second-order valence-electron chi connectivity index (χ2n) is 4.19. The highest BCUT2D eigenvalue weighted by Gasteiger charge is 2.07. The zero-order chi connectivity index (χ0) is 13.6. The molecule has 0 bridgehead atoms. The van der Waals surface area contributed by atoms with Crippen molar-refractivity contribution < 1.29 is 4.42 Å². The van der Waals surface area contributed by atoms with Gasteiger partial charge in [-0.3, -0.25) is 0 Å². The van der Waals surface area contributed by atoms with E-state index < -0.39 is 0 Å². The molecule has 100 valence electrons. The van der Waals surface area contributed by atoms with Crippen LogP contribution in [0.25, 0.3) is 11.5 Å². The van der Waals surface area contributed by atoms with Gasteiger partial charge in [-0.05, 0) is 24.3 Å². The van der Waals surface area contributed by atoms with Gasteiger partial charge < -0.3 is 9.73 Å². The quantitative estimate of drug-likeness (QED) is 0.759. The Hall–Kier alpha value is -2.60. The van der Waals surface area contributed by atoms with Crippen LogP contribution in [0.4, 0.5) is 0 Å². The lowest BCUT2D eigenvalue weighted by molar-refractivity contribution is 0.475. The summed E-state index contributed by atoms with van der Waals surface area (Å²) in [5.41, 5.74) is 1.79. The molecule has 0 aliphatic heterocycles. The Morgan fingerprint density at radius 1 is 0.900 bits per heavy atom. The maximum Gasteiger partial charge on any atom is 0.247 e. The van der Waals surface area contributed by atoms with Crippen LogP contribution < -0.4 is 5.32 Å². The Bertz CT molecular complexity index is 654. The minimum Gasteiger partial charge on any atom is -0.419 e. The molecule has 0 aliphatic rings. The molecule has 2 heterocycles. The third kappa shape index (κ3) is 3.04. The van der Waals surface area contributed by atoms with Crippen molar-refractivity contribution in [2.45, 2.75) is 13.1 Å². The maximum atomic E-state index is 5.59. The number of nitrogens with zero attached hydrogens (tertiary/aromatic N) is 4. The molecule has 0 saturated carbocycles. The van der Waals surface area contributed by atoms with Crippen LogP contribution in [0.2, 0.25) is 0 Å². The van der Waals surface area contributed by atoms with Gasteiger partial charge in [0, 0.05) is 18.3 Å². The Kier molecular flexibility index (Phi) is 3.75. The average Bonchev–Trinajstić information content (AvgIpc) is 2.98. The van der Waals surface area contributed by atoms with E-state index in [-0.39, 0.29) is 0 Å². The highest BCUT2D eigenvalue weighted by Crippen LogP contribution is 2.16. The number of rotatable bonds is 5. The van der Waals surface area contributed by atoms with E-state index >= 15 is 0 Å². The van der Waals surface area contributed by atoms with Crippen molar-refractivity contribution >= 4 is 0 Å². The second kappa shape index (κ2) is 6.03. The van der Waals surface area contributed by atoms with Crippen molar-refractivity contribution in [3.8, 4) is 11.5 Å². The maximum absolute atomic E-state index is 5.59. The van der Waals surface area contributed by atoms with Gasteiger partial charge in [0.2, 0.25) is 11.8 Å². The van der Waals surface area contributed by atoms with Crippen LogP contribution in [0, 0.1) is 0 Å². The van der Waals surface area contributed by atoms with Crippen LogP contribution >= 0.6 is 0 Å². The molecule has 0 radical (unpaired) electrons. The molecular weight excluding hydrogens is 254 g/mol. The van der Waals surface area contributed by atoms with Crippen molar-refractivity contribution in [3.05, 3.63) is 60.2 Å². The van der Waals surface area contributed by atoms with E-state index in [1.165, 1.54) is 0 Å². The molecule has 1 aromatic carbocycles. The van der Waals surface area contributed by atoms with Gasteiger partial charge in [0.1, 0.15) is 0 Å². The Morgan fingerprint density at radius 2 is 1.80 bits per heavy atom. The summed E-state index contributed by atoms with van der Waals surface area (Å²) in [4.78, 5) is 0. The van der Waals surface area contributed by atoms with Crippen molar-refractivity contribution in [1.82, 2.24) is 25.7 Å². The fraction of sp³-hybridized carbons (Fsp3) is 0.143. The van der Waals surface area contributed by atoms with Crippen molar-refractivity contribution in [2.24, 2.45) is 0 Å². The third-order valence-electron chi connectivity index (χ3n) is 2.70. The molecule has 0 atom stereocenters. The second-order valence-corrected chi connectivity index (χ2v) is 4.19. The van der Waals surface area contributed by atoms with Gasteiger partial charge in [-0.2, -0.15) is 10.2 Å². The molecule has 3 aromatic rings. The van der Waals surface area contributed by atoms with Gasteiger partial charge >= 0.3 is 0 Å². The van der Waals surface area contributed by atoms with E-state index in [1.807, 2.05) is 42.5 Å². The van der Waals surface area contributed by atoms with Crippen LogP contribution in [-0.2, 0) is 13.1 Å². The molecule has 0 aliphatic carbocycles. The lowest BCUT2D eigenvalue weighted by Gasteiger charge is -1.99. The van der Waals surface area contributed by atoms with Crippen molar-refractivity contribution in [3.63, 3.8) is 0 Å². The number of hydrogen-bond donors (Lipinski definition) is 1. The molecule has 0 spiro atoms. The summed E-state index contributed by atoms with van der Waals surface area (Å²) < 4.78 is 5.59. The lowest BCUT2D eigenvalue weighted by atomic mass is 10.2. The molecule has 3 rings (SSSR count). The first-order valence-electron chi connectivity index (χ1n) is 6.27. The molecule has 6 heteroatoms. The summed E-state index contributed by atoms with van der Waals surface area (Å²) >= 11 is 0. The predicted octanol–water partition coefficient (Wildman–Crippen LogP) is 1.82. The fourth-order valence-corrected chi connectivity index (χ4v) is 1.75. The number of nitrogens with one attached hydrogen (secondary N) is 1. The molecule has 2 aromatic heterocycles. The van der Waals surface area contributed by atoms with Crippen LogP contribution in [-0.4, -0.2) is 20.4 Å². The lowest BCUT2D eigenvalue weighted by Crippen LogP contribution is -2.14. The Labute approximate surface area is 115 Å². The zero-order valence-corrected chi connectivity index (χ0v) is 10.7. The van der Waals surface area contributed by atoms with Crippen LogP contribution in [0.5, 0.6) is 0 Å². The van der Waals surface area contributed by atoms with Crippen LogP contribution in [0.15, 0.2) is 53.1 Å². The summed E-state index contributed by atoms with van der Waals surface area (Å²) in [7, 11) is 0. The molecule has 0 unspecified atom stereocenters. The van der Waals surface area contributed by atoms with E-state index in [1.54, 1.807) is 6.20 Å². The Morgan fingerprint density at radius 3 is 2.60 bits per heavy atom. The molecule has 0 fully saturated rings. The van der Waals surface area contributed by atoms with Gasteiger partial charge in [-0.15, -0.1) is 10.2 Å². The van der Waals surface area contributed by atoms with E-state index in [0.717, 1.165) is 11.3 Å². The molecule has 1 N–H and O–H groups in total. The first kappa shape index (κ1) is 12.4. The normalized spacial score (nSPS) is 10.6. The largest absolute Gasteiger partial charge is 0.419 e. The number of benzene rings is 1. The highest BCUT2D eigenvalue weighted by molar-refractivity contribution is 5.51. The summed E-state index contributed by atoms with van der Waals surface area (Å²) in [6.07, 6.45) is 1.65. The van der Waals surface area contributed by atoms with E-state index in [4.69, 9.17) is 4.42 Å². The van der Waals surface area contributed by atoms with Crippen LogP contribution in [0.3, 0.4) is 0 Å². The number of aromatic nitrogens is 4. The minimum absolute atomic E-state index is 0.496. The first-order chi connectivity index (χ1) is 9.92. The zero-order valence-electron chi connectivity index (χ0n) is 10.7. The van der Waals surface area contributed by atoms with E-state index in [0.29, 0.717) is 24.9 Å². The monoisotopic (exact) mass is 267 g/mol. The molecule has 20 heavy (non-hydrogen) atoms. The van der Waals surface area contributed by atoms with Crippen molar-refractivity contribution in [1.29, 1.82) is 0 Å². The summed E-state index contributed by atoms with van der Waals surface area (Å²) in [5, 5.41) is 19.0. The Balaban J connectivity index is 1.58. The number of hydrogen-bond acceptors (Lipinski definition) is 6. The third-order valence-corrected chi connectivity index (χ3v) is 2.70. The molecule has 6 nitrogen and oxygen atoms in total. The van der Waals surface area contributed by atoms with E-state index in [9.17, 15) is 0 Å². The van der Waals surface area contributed by atoms with Gasteiger partial charge in [0.15, 0.2) is 0 Å². The van der Waals surface area contributed by atoms with Crippen LogP contribution in [0.1, 0.15) is 11.6 Å². The standard InChI is InChI=1S/C14H13N5O/c1-2-5-11(6-3-1)14-19-18-13(20-14)10-15-9-12-7-4-8-16-17-12/h1-8,15H,9-10H2. The summed E-state index contributed by atoms with van der Waals surface area (Å²) in [6.45, 7) is 1.10. The first-order valence-corrected chi connectivity index (χ1v) is 6.27. The predicted molar refractivity (Wildman–Crippen MR) is 72.3 cm³/mol. The topological polar surface area (TPSA) is 76.7 Å². The SMILES string of the molecule is c1ccc(-c2nnc(CNCc3cccnn3)o2)cc1. The average molecular weight is 267 g/mol. The summed E-state index contributed by atoms with van der Waals surface area (Å²) in [5.74, 6) is 1.08. The van der Waals surface area contributed by atoms with E-state index in [2.05, 4.69) is 25.7 Å². The molecular formula is C14H13N5O. The summed E-state index contributed by atoms with van der Waals surface area (Å²) in [6, 6.07) is 13.4. The smallest absolute Gasteiger partial charge is 0.247 e. The van der Waals surface area contributed by atoms with Gasteiger partial charge in [0.25, 0.3) is 0 Å². The molecule has 0 amide bonds.